The van der Waals surface area contributed by atoms with Crippen LogP contribution < -0.4 is 16.0 Å². The standard InChI is InChI=1S/C11H15FN2O/c1-7(2)11(14-13)8-4-5-9(12)10(6-8)15-3/h4-6,11,14H,1,13H2,2-3H3. The van der Waals surface area contributed by atoms with Gasteiger partial charge in [0.2, 0.25) is 0 Å². The lowest BCUT2D eigenvalue weighted by Gasteiger charge is -2.17. The molecule has 0 saturated carbocycles. The fraction of sp³-hybridized carbons (Fsp3) is 0.273. The van der Waals surface area contributed by atoms with Crippen molar-refractivity contribution in [3.8, 4) is 5.75 Å². The van der Waals surface area contributed by atoms with E-state index in [1.165, 1.54) is 13.2 Å². The maximum Gasteiger partial charge on any atom is 0.165 e. The van der Waals surface area contributed by atoms with Crippen LogP contribution in [0.25, 0.3) is 0 Å². The highest BCUT2D eigenvalue weighted by molar-refractivity contribution is 5.35. The number of ether oxygens (including phenoxy) is 1. The highest BCUT2D eigenvalue weighted by Gasteiger charge is 2.12. The van der Waals surface area contributed by atoms with Crippen molar-refractivity contribution in [3.05, 3.63) is 41.7 Å². The Morgan fingerprint density at radius 2 is 2.27 bits per heavy atom. The van der Waals surface area contributed by atoms with E-state index in [0.29, 0.717) is 0 Å². The lowest BCUT2D eigenvalue weighted by atomic mass is 10.0. The van der Waals surface area contributed by atoms with Gasteiger partial charge >= 0.3 is 0 Å². The van der Waals surface area contributed by atoms with E-state index in [1.54, 1.807) is 12.1 Å². The molecule has 0 aromatic heterocycles. The molecule has 0 amide bonds. The normalized spacial score (nSPS) is 12.3. The van der Waals surface area contributed by atoms with Crippen molar-refractivity contribution < 1.29 is 9.13 Å². The number of hydrogen-bond acceptors (Lipinski definition) is 3. The summed E-state index contributed by atoms with van der Waals surface area (Å²) in [6, 6.07) is 4.41. The Kier molecular flexibility index (Phi) is 3.82. The molecule has 0 spiro atoms. The average molecular weight is 210 g/mol. The van der Waals surface area contributed by atoms with Gasteiger partial charge < -0.3 is 4.74 Å². The van der Waals surface area contributed by atoms with Gasteiger partial charge in [0, 0.05) is 0 Å². The van der Waals surface area contributed by atoms with Crippen LogP contribution in [0.3, 0.4) is 0 Å². The van der Waals surface area contributed by atoms with Crippen molar-refractivity contribution in [3.63, 3.8) is 0 Å². The molecule has 0 bridgehead atoms. The third-order valence-electron chi connectivity index (χ3n) is 2.17. The molecule has 0 aliphatic carbocycles. The highest BCUT2D eigenvalue weighted by atomic mass is 19.1. The van der Waals surface area contributed by atoms with Crippen LogP contribution in [0.15, 0.2) is 30.4 Å². The second-order valence-electron chi connectivity index (χ2n) is 3.34. The number of nitrogens with two attached hydrogens (primary N) is 1. The van der Waals surface area contributed by atoms with Gasteiger partial charge in [0.1, 0.15) is 0 Å². The van der Waals surface area contributed by atoms with E-state index in [0.717, 1.165) is 11.1 Å². The van der Waals surface area contributed by atoms with E-state index in [2.05, 4.69) is 12.0 Å². The van der Waals surface area contributed by atoms with E-state index in [9.17, 15) is 4.39 Å². The average Bonchev–Trinajstić information content (AvgIpc) is 2.21. The molecule has 0 fully saturated rings. The highest BCUT2D eigenvalue weighted by Crippen LogP contribution is 2.25. The van der Waals surface area contributed by atoms with Crippen LogP contribution in [0.2, 0.25) is 0 Å². The quantitative estimate of drug-likeness (QED) is 0.453. The molecule has 82 valence electrons. The summed E-state index contributed by atoms with van der Waals surface area (Å²) in [5.74, 6) is 5.20. The SMILES string of the molecule is C=C(C)C(NN)c1ccc(F)c(OC)c1. The summed E-state index contributed by atoms with van der Waals surface area (Å²) in [5.41, 5.74) is 4.29. The number of hydrogen-bond donors (Lipinski definition) is 2. The molecule has 15 heavy (non-hydrogen) atoms. The van der Waals surface area contributed by atoms with Crippen molar-refractivity contribution in [2.24, 2.45) is 5.84 Å². The lowest BCUT2D eigenvalue weighted by Crippen LogP contribution is -2.28. The van der Waals surface area contributed by atoms with Crippen LogP contribution >= 0.6 is 0 Å². The molecule has 3 N–H and O–H groups in total. The largest absolute Gasteiger partial charge is 0.494 e. The third-order valence-corrected chi connectivity index (χ3v) is 2.17. The Hall–Kier alpha value is -1.39. The zero-order valence-corrected chi connectivity index (χ0v) is 8.88. The Bertz CT molecular complexity index is 366. The second-order valence-corrected chi connectivity index (χ2v) is 3.34. The van der Waals surface area contributed by atoms with Gasteiger partial charge in [0.15, 0.2) is 11.6 Å². The van der Waals surface area contributed by atoms with Gasteiger partial charge in [-0.3, -0.25) is 5.84 Å². The molecule has 1 atom stereocenters. The Balaban J connectivity index is 3.09. The molecule has 0 radical (unpaired) electrons. The van der Waals surface area contributed by atoms with Gasteiger partial charge in [-0.25, -0.2) is 9.82 Å². The molecule has 0 aliphatic rings. The molecular weight excluding hydrogens is 195 g/mol. The number of methoxy groups -OCH3 is 1. The smallest absolute Gasteiger partial charge is 0.165 e. The van der Waals surface area contributed by atoms with Crippen molar-refractivity contribution in [2.45, 2.75) is 13.0 Å². The Morgan fingerprint density at radius 1 is 1.60 bits per heavy atom. The van der Waals surface area contributed by atoms with Gasteiger partial charge in [-0.15, -0.1) is 0 Å². The first-order valence-electron chi connectivity index (χ1n) is 4.55. The fourth-order valence-corrected chi connectivity index (χ4v) is 1.38. The Labute approximate surface area is 88.7 Å². The van der Waals surface area contributed by atoms with Crippen LogP contribution in [0.4, 0.5) is 4.39 Å². The molecule has 0 aliphatic heterocycles. The van der Waals surface area contributed by atoms with E-state index in [4.69, 9.17) is 10.6 Å². The molecule has 4 heteroatoms. The van der Waals surface area contributed by atoms with Crippen molar-refractivity contribution in [2.75, 3.05) is 7.11 Å². The zero-order chi connectivity index (χ0) is 11.4. The topological polar surface area (TPSA) is 47.3 Å². The minimum Gasteiger partial charge on any atom is -0.494 e. The molecule has 1 rings (SSSR count). The number of rotatable bonds is 4. The second kappa shape index (κ2) is 4.91. The Morgan fingerprint density at radius 3 is 2.73 bits per heavy atom. The molecule has 1 unspecified atom stereocenters. The summed E-state index contributed by atoms with van der Waals surface area (Å²) in [6.07, 6.45) is 0. The summed E-state index contributed by atoms with van der Waals surface area (Å²) >= 11 is 0. The predicted octanol–water partition coefficient (Wildman–Crippen LogP) is 1.91. The fourth-order valence-electron chi connectivity index (χ4n) is 1.38. The third kappa shape index (κ3) is 2.55. The monoisotopic (exact) mass is 210 g/mol. The van der Waals surface area contributed by atoms with E-state index >= 15 is 0 Å². The van der Waals surface area contributed by atoms with Crippen LogP contribution in [-0.2, 0) is 0 Å². The van der Waals surface area contributed by atoms with Gasteiger partial charge in [-0.05, 0) is 24.6 Å². The summed E-state index contributed by atoms with van der Waals surface area (Å²) in [7, 11) is 1.42. The lowest BCUT2D eigenvalue weighted by molar-refractivity contribution is 0.385. The molecule has 3 nitrogen and oxygen atoms in total. The summed E-state index contributed by atoms with van der Waals surface area (Å²) < 4.78 is 18.0. The molecule has 1 aromatic rings. The first kappa shape index (κ1) is 11.7. The number of nitrogens with one attached hydrogen (secondary N) is 1. The van der Waals surface area contributed by atoms with Gasteiger partial charge in [-0.2, -0.15) is 0 Å². The van der Waals surface area contributed by atoms with Crippen molar-refractivity contribution >= 4 is 0 Å². The minimum atomic E-state index is -0.390. The van der Waals surface area contributed by atoms with Crippen molar-refractivity contribution in [1.82, 2.24) is 5.43 Å². The molecule has 0 heterocycles. The first-order chi connectivity index (χ1) is 7.10. The predicted molar refractivity (Wildman–Crippen MR) is 57.8 cm³/mol. The number of benzene rings is 1. The van der Waals surface area contributed by atoms with Crippen LogP contribution in [0.5, 0.6) is 5.75 Å². The molecular formula is C11H15FN2O. The summed E-state index contributed by atoms with van der Waals surface area (Å²) in [4.78, 5) is 0. The first-order valence-corrected chi connectivity index (χ1v) is 4.55. The summed E-state index contributed by atoms with van der Waals surface area (Å²) in [6.45, 7) is 5.65. The molecule has 1 aromatic carbocycles. The number of halogens is 1. The van der Waals surface area contributed by atoms with E-state index in [-0.39, 0.29) is 11.8 Å². The van der Waals surface area contributed by atoms with Crippen LogP contribution in [0.1, 0.15) is 18.5 Å². The number of hydrazine groups is 1. The van der Waals surface area contributed by atoms with E-state index < -0.39 is 5.82 Å². The van der Waals surface area contributed by atoms with Crippen LogP contribution in [-0.4, -0.2) is 7.11 Å². The van der Waals surface area contributed by atoms with Crippen molar-refractivity contribution in [1.29, 1.82) is 0 Å². The summed E-state index contributed by atoms with van der Waals surface area (Å²) in [5, 5.41) is 0. The maximum absolute atomic E-state index is 13.1. The van der Waals surface area contributed by atoms with E-state index in [1.807, 2.05) is 6.92 Å². The van der Waals surface area contributed by atoms with Gasteiger partial charge in [0.25, 0.3) is 0 Å². The molecule has 0 saturated heterocycles. The minimum absolute atomic E-state index is 0.195. The van der Waals surface area contributed by atoms with Gasteiger partial charge in [0.05, 0.1) is 13.2 Å². The maximum atomic E-state index is 13.1. The zero-order valence-electron chi connectivity index (χ0n) is 8.88. The van der Waals surface area contributed by atoms with Crippen LogP contribution in [0, 0.1) is 5.82 Å². The van der Waals surface area contributed by atoms with Gasteiger partial charge in [-0.1, -0.05) is 18.2 Å².